The Kier molecular flexibility index (Phi) is 4.74. The summed E-state index contributed by atoms with van der Waals surface area (Å²) in [5.74, 6) is -0.0367. The van der Waals surface area contributed by atoms with Crippen molar-refractivity contribution in [1.82, 2.24) is 9.47 Å². The molecule has 5 nitrogen and oxygen atoms in total. The van der Waals surface area contributed by atoms with Gasteiger partial charge in [0.1, 0.15) is 6.54 Å². The van der Waals surface area contributed by atoms with Crippen LogP contribution in [0.25, 0.3) is 10.9 Å². The molecule has 6 heteroatoms. The number of amides is 1. The lowest BCUT2D eigenvalue weighted by Gasteiger charge is -2.20. The maximum atomic E-state index is 12.8. The van der Waals surface area contributed by atoms with Gasteiger partial charge >= 0.3 is 0 Å². The molecule has 1 atom stereocenters. The fraction of sp³-hybridized carbons (Fsp3) is 0.286. The highest BCUT2D eigenvalue weighted by atomic mass is 32.2. The van der Waals surface area contributed by atoms with Crippen LogP contribution in [0.5, 0.6) is 0 Å². The van der Waals surface area contributed by atoms with Crippen LogP contribution in [0, 0.1) is 0 Å². The van der Waals surface area contributed by atoms with Gasteiger partial charge in [0, 0.05) is 24.8 Å². The van der Waals surface area contributed by atoms with Gasteiger partial charge in [-0.25, -0.2) is 8.42 Å². The van der Waals surface area contributed by atoms with Crippen LogP contribution in [0.4, 0.5) is 0 Å². The van der Waals surface area contributed by atoms with E-state index >= 15 is 0 Å². The van der Waals surface area contributed by atoms with Crippen LogP contribution in [0.15, 0.2) is 66.9 Å². The minimum Gasteiger partial charge on any atom is -0.340 e. The van der Waals surface area contributed by atoms with E-state index in [0.717, 1.165) is 16.5 Å². The second kappa shape index (κ2) is 7.19. The van der Waals surface area contributed by atoms with Crippen LogP contribution < -0.4 is 0 Å². The van der Waals surface area contributed by atoms with Crippen molar-refractivity contribution in [1.29, 1.82) is 0 Å². The first kappa shape index (κ1) is 17.8. The molecule has 27 heavy (non-hydrogen) atoms. The lowest BCUT2D eigenvalue weighted by Crippen LogP contribution is -2.35. The van der Waals surface area contributed by atoms with Gasteiger partial charge in [-0.1, -0.05) is 48.5 Å². The first-order valence-corrected chi connectivity index (χ1v) is 10.8. The number of aromatic nitrogens is 1. The van der Waals surface area contributed by atoms with Crippen molar-refractivity contribution in [2.75, 3.05) is 18.8 Å². The summed E-state index contributed by atoms with van der Waals surface area (Å²) < 4.78 is 27.4. The predicted octanol–water partition coefficient (Wildman–Crippen LogP) is 3.03. The Morgan fingerprint density at radius 2 is 1.70 bits per heavy atom. The smallest absolute Gasteiger partial charge is 0.242 e. The van der Waals surface area contributed by atoms with E-state index in [1.54, 1.807) is 4.90 Å². The minimum atomic E-state index is -3.28. The van der Waals surface area contributed by atoms with E-state index in [1.807, 2.05) is 71.4 Å². The third-order valence-electron chi connectivity index (χ3n) is 5.25. The van der Waals surface area contributed by atoms with Gasteiger partial charge in [0.15, 0.2) is 9.84 Å². The summed E-state index contributed by atoms with van der Waals surface area (Å²) >= 11 is 0. The Bertz CT molecular complexity index is 1060. The van der Waals surface area contributed by atoms with Crippen LogP contribution in [0.2, 0.25) is 0 Å². The van der Waals surface area contributed by atoms with E-state index < -0.39 is 15.1 Å². The Labute approximate surface area is 159 Å². The molecule has 140 valence electrons. The standard InChI is InChI=1S/C21H22N2O3S/c24-21(16-23-12-10-17-6-4-5-9-19(17)23)22-13-11-20(27(25,26)15-14-22)18-7-2-1-3-8-18/h1-10,12,20H,11,13-16H2. The van der Waals surface area contributed by atoms with Crippen molar-refractivity contribution in [3.63, 3.8) is 0 Å². The van der Waals surface area contributed by atoms with Crippen molar-refractivity contribution in [2.24, 2.45) is 0 Å². The summed E-state index contributed by atoms with van der Waals surface area (Å²) in [5.41, 5.74) is 1.82. The molecule has 0 N–H and O–H groups in total. The van der Waals surface area contributed by atoms with E-state index in [0.29, 0.717) is 13.0 Å². The molecule has 1 aromatic heterocycles. The molecule has 1 amide bonds. The number of rotatable bonds is 3. The zero-order valence-electron chi connectivity index (χ0n) is 15.0. The monoisotopic (exact) mass is 382 g/mol. The molecule has 3 aromatic rings. The predicted molar refractivity (Wildman–Crippen MR) is 106 cm³/mol. The molecule has 2 aromatic carbocycles. The topological polar surface area (TPSA) is 59.4 Å². The van der Waals surface area contributed by atoms with E-state index in [1.165, 1.54) is 0 Å². The summed E-state index contributed by atoms with van der Waals surface area (Å²) in [6, 6.07) is 19.2. The van der Waals surface area contributed by atoms with Gasteiger partial charge in [-0.3, -0.25) is 4.79 Å². The SMILES string of the molecule is O=C(Cn1ccc2ccccc21)N1CCC(c2ccccc2)S(=O)(=O)CC1. The summed E-state index contributed by atoms with van der Waals surface area (Å²) in [4.78, 5) is 14.5. The quantitative estimate of drug-likeness (QED) is 0.700. The maximum absolute atomic E-state index is 12.8. The normalized spacial score (nSPS) is 19.7. The van der Waals surface area contributed by atoms with Crippen molar-refractivity contribution >= 4 is 26.6 Å². The first-order chi connectivity index (χ1) is 13.0. The fourth-order valence-corrected chi connectivity index (χ4v) is 5.56. The highest BCUT2D eigenvalue weighted by molar-refractivity contribution is 7.91. The number of hydrogen-bond donors (Lipinski definition) is 0. The second-order valence-corrected chi connectivity index (χ2v) is 9.24. The Morgan fingerprint density at radius 1 is 0.963 bits per heavy atom. The highest BCUT2D eigenvalue weighted by Gasteiger charge is 2.32. The van der Waals surface area contributed by atoms with E-state index in [9.17, 15) is 13.2 Å². The van der Waals surface area contributed by atoms with Gasteiger partial charge in [0.25, 0.3) is 0 Å². The lowest BCUT2D eigenvalue weighted by molar-refractivity contribution is -0.131. The fourth-order valence-electron chi connectivity index (χ4n) is 3.76. The molecule has 0 aliphatic carbocycles. The van der Waals surface area contributed by atoms with Gasteiger partial charge in [-0.05, 0) is 29.5 Å². The molecule has 0 bridgehead atoms. The number of hydrogen-bond acceptors (Lipinski definition) is 3. The third kappa shape index (κ3) is 3.62. The molecular formula is C21H22N2O3S. The van der Waals surface area contributed by atoms with Crippen LogP contribution >= 0.6 is 0 Å². The Hall–Kier alpha value is -2.60. The van der Waals surface area contributed by atoms with Crippen molar-refractivity contribution in [2.45, 2.75) is 18.2 Å². The van der Waals surface area contributed by atoms with Gasteiger partial charge in [-0.15, -0.1) is 0 Å². The molecule has 4 rings (SSSR count). The summed E-state index contributed by atoms with van der Waals surface area (Å²) in [5, 5.41) is 0.553. The lowest BCUT2D eigenvalue weighted by atomic mass is 10.1. The van der Waals surface area contributed by atoms with Crippen molar-refractivity contribution in [3.05, 3.63) is 72.4 Å². The molecule has 1 saturated heterocycles. The van der Waals surface area contributed by atoms with Crippen LogP contribution in [0.3, 0.4) is 0 Å². The first-order valence-electron chi connectivity index (χ1n) is 9.13. The number of carbonyl (C=O) groups excluding carboxylic acids is 1. The zero-order valence-corrected chi connectivity index (χ0v) is 15.8. The highest BCUT2D eigenvalue weighted by Crippen LogP contribution is 2.29. The molecule has 0 spiro atoms. The van der Waals surface area contributed by atoms with Crippen molar-refractivity contribution in [3.8, 4) is 0 Å². The maximum Gasteiger partial charge on any atom is 0.242 e. The van der Waals surface area contributed by atoms with Crippen LogP contribution in [-0.4, -0.2) is 42.6 Å². The molecule has 0 saturated carbocycles. The average molecular weight is 382 g/mol. The van der Waals surface area contributed by atoms with E-state index in [4.69, 9.17) is 0 Å². The van der Waals surface area contributed by atoms with E-state index in [2.05, 4.69) is 0 Å². The van der Waals surface area contributed by atoms with Gasteiger partial charge < -0.3 is 9.47 Å². The zero-order chi connectivity index (χ0) is 18.9. The number of fused-ring (bicyclic) bond motifs is 1. The average Bonchev–Trinajstić information content (AvgIpc) is 3.00. The summed E-state index contributed by atoms with van der Waals surface area (Å²) in [6.45, 7) is 0.935. The minimum absolute atomic E-state index is 0.00469. The van der Waals surface area contributed by atoms with Gasteiger partial charge in [0.05, 0.1) is 11.0 Å². The number of carbonyl (C=O) groups is 1. The largest absolute Gasteiger partial charge is 0.340 e. The Morgan fingerprint density at radius 3 is 2.52 bits per heavy atom. The second-order valence-electron chi connectivity index (χ2n) is 6.94. The van der Waals surface area contributed by atoms with Crippen LogP contribution in [0.1, 0.15) is 17.2 Å². The van der Waals surface area contributed by atoms with Gasteiger partial charge in [-0.2, -0.15) is 0 Å². The molecule has 1 unspecified atom stereocenters. The molecule has 0 radical (unpaired) electrons. The molecule has 1 aliphatic heterocycles. The number of nitrogens with zero attached hydrogens (tertiary/aromatic N) is 2. The molecule has 1 fully saturated rings. The summed E-state index contributed by atoms with van der Waals surface area (Å²) in [6.07, 6.45) is 2.34. The molecule has 1 aliphatic rings. The summed E-state index contributed by atoms with van der Waals surface area (Å²) in [7, 11) is -3.28. The van der Waals surface area contributed by atoms with Gasteiger partial charge in [0.2, 0.25) is 5.91 Å². The third-order valence-corrected chi connectivity index (χ3v) is 7.38. The number of sulfone groups is 1. The van der Waals surface area contributed by atoms with Crippen molar-refractivity contribution < 1.29 is 13.2 Å². The van der Waals surface area contributed by atoms with Crippen LogP contribution in [-0.2, 0) is 21.2 Å². The number of benzene rings is 2. The van der Waals surface area contributed by atoms with E-state index in [-0.39, 0.29) is 24.7 Å². The molecule has 2 heterocycles. The number of para-hydroxylation sites is 1. The molecular weight excluding hydrogens is 360 g/mol. The Balaban J connectivity index is 1.51.